The Kier molecular flexibility index (Phi) is 4.40. The molecule has 4 rings (SSSR count). The lowest BCUT2D eigenvalue weighted by atomic mass is 10.2. The van der Waals surface area contributed by atoms with Crippen LogP contribution in [-0.4, -0.2) is 46.4 Å². The Balaban J connectivity index is 1.53. The number of nitrogens with one attached hydrogen (secondary N) is 1. The first kappa shape index (κ1) is 16.3. The van der Waals surface area contributed by atoms with Crippen LogP contribution in [0.1, 0.15) is 0 Å². The summed E-state index contributed by atoms with van der Waals surface area (Å²) in [5.41, 5.74) is 2.02. The van der Waals surface area contributed by atoms with Gasteiger partial charge in [0.05, 0.1) is 36.3 Å². The van der Waals surface area contributed by atoms with Gasteiger partial charge in [-0.15, -0.1) is 0 Å². The fraction of sp³-hybridized carbons (Fsp3) is 0.278. The number of aromatic nitrogens is 3. The number of carbonyl (C=O) groups excluding carboxylic acids is 1. The first-order chi connectivity index (χ1) is 12.7. The molecule has 134 valence electrons. The Hall–Kier alpha value is -3.13. The zero-order chi connectivity index (χ0) is 17.9. The van der Waals surface area contributed by atoms with Crippen molar-refractivity contribution in [2.24, 2.45) is 0 Å². The molecule has 1 aliphatic rings. The molecule has 0 aliphatic carbocycles. The Labute approximate surface area is 149 Å². The number of hydrogen-bond donors (Lipinski definition) is 1. The summed E-state index contributed by atoms with van der Waals surface area (Å²) in [4.78, 5) is 27.0. The van der Waals surface area contributed by atoms with Gasteiger partial charge in [-0.1, -0.05) is 12.1 Å². The van der Waals surface area contributed by atoms with Gasteiger partial charge in [-0.05, 0) is 24.3 Å². The molecule has 1 saturated heterocycles. The van der Waals surface area contributed by atoms with Gasteiger partial charge in [0.2, 0.25) is 5.91 Å². The van der Waals surface area contributed by atoms with Gasteiger partial charge in [0.25, 0.3) is 0 Å². The Morgan fingerprint density at radius 3 is 2.81 bits per heavy atom. The Morgan fingerprint density at radius 2 is 1.96 bits per heavy atom. The number of rotatable bonds is 4. The number of nitrogens with zero attached hydrogens (tertiary/aromatic N) is 4. The number of carbonyl (C=O) groups is 1. The molecule has 26 heavy (non-hydrogen) atoms. The van der Waals surface area contributed by atoms with E-state index in [1.54, 1.807) is 24.5 Å². The summed E-state index contributed by atoms with van der Waals surface area (Å²) in [5, 5.41) is 6.96. The third-order valence-corrected chi connectivity index (χ3v) is 4.36. The molecule has 3 heterocycles. The highest BCUT2D eigenvalue weighted by Crippen LogP contribution is 2.26. The third kappa shape index (κ3) is 3.18. The predicted molar refractivity (Wildman–Crippen MR) is 97.6 cm³/mol. The van der Waals surface area contributed by atoms with E-state index in [1.165, 1.54) is 4.40 Å². The van der Waals surface area contributed by atoms with E-state index in [9.17, 15) is 9.59 Å². The third-order valence-electron chi connectivity index (χ3n) is 4.36. The summed E-state index contributed by atoms with van der Waals surface area (Å²) >= 11 is 0. The van der Waals surface area contributed by atoms with E-state index in [0.29, 0.717) is 18.7 Å². The number of fused-ring (bicyclic) bond motifs is 1. The summed E-state index contributed by atoms with van der Waals surface area (Å²) in [7, 11) is 0. The highest BCUT2D eigenvalue weighted by Gasteiger charge is 2.16. The van der Waals surface area contributed by atoms with Gasteiger partial charge in [-0.3, -0.25) is 9.20 Å². The maximum Gasteiger partial charge on any atom is 0.349 e. The second kappa shape index (κ2) is 7.01. The van der Waals surface area contributed by atoms with E-state index in [1.807, 2.05) is 24.3 Å². The molecule has 1 N–H and O–H groups in total. The summed E-state index contributed by atoms with van der Waals surface area (Å²) in [6.07, 6.45) is 3.22. The first-order valence-corrected chi connectivity index (χ1v) is 8.47. The highest BCUT2D eigenvalue weighted by atomic mass is 16.5. The van der Waals surface area contributed by atoms with Crippen LogP contribution in [0.5, 0.6) is 0 Å². The molecule has 1 aliphatic heterocycles. The molecule has 1 amide bonds. The van der Waals surface area contributed by atoms with Crippen molar-refractivity contribution >= 4 is 22.8 Å². The lowest BCUT2D eigenvalue weighted by Crippen LogP contribution is -2.37. The lowest BCUT2D eigenvalue weighted by Gasteiger charge is -2.30. The number of ether oxygens (including phenoxy) is 1. The van der Waals surface area contributed by atoms with Crippen LogP contribution in [0.4, 0.5) is 11.4 Å². The number of morpholine rings is 1. The van der Waals surface area contributed by atoms with Crippen LogP contribution in [0.25, 0.3) is 5.52 Å². The average molecular weight is 353 g/mol. The quantitative estimate of drug-likeness (QED) is 0.756. The van der Waals surface area contributed by atoms with E-state index in [0.717, 1.165) is 29.1 Å². The molecule has 0 spiro atoms. The Morgan fingerprint density at radius 1 is 1.15 bits per heavy atom. The number of hydrogen-bond acceptors (Lipinski definition) is 5. The van der Waals surface area contributed by atoms with Crippen molar-refractivity contribution < 1.29 is 9.53 Å². The second-order valence-corrected chi connectivity index (χ2v) is 6.05. The van der Waals surface area contributed by atoms with E-state index >= 15 is 0 Å². The van der Waals surface area contributed by atoms with Crippen LogP contribution < -0.4 is 15.9 Å². The fourth-order valence-electron chi connectivity index (χ4n) is 3.07. The molecular formula is C18H19N5O3. The van der Waals surface area contributed by atoms with Gasteiger partial charge in [0.1, 0.15) is 6.54 Å². The molecule has 3 aromatic rings. The van der Waals surface area contributed by atoms with Gasteiger partial charge in [0.15, 0.2) is 0 Å². The van der Waals surface area contributed by atoms with Crippen molar-refractivity contribution in [3.8, 4) is 0 Å². The molecule has 2 aromatic heterocycles. The minimum atomic E-state index is -0.343. The zero-order valence-corrected chi connectivity index (χ0v) is 14.2. The van der Waals surface area contributed by atoms with Crippen LogP contribution in [-0.2, 0) is 16.1 Å². The molecule has 0 unspecified atom stereocenters. The molecule has 0 atom stereocenters. The van der Waals surface area contributed by atoms with E-state index in [2.05, 4.69) is 15.3 Å². The topological polar surface area (TPSA) is 80.9 Å². The largest absolute Gasteiger partial charge is 0.378 e. The molecule has 8 nitrogen and oxygen atoms in total. The number of benzene rings is 1. The van der Waals surface area contributed by atoms with Crippen LogP contribution in [0.15, 0.2) is 53.6 Å². The molecular weight excluding hydrogens is 334 g/mol. The van der Waals surface area contributed by atoms with Gasteiger partial charge >= 0.3 is 5.69 Å². The van der Waals surface area contributed by atoms with Crippen LogP contribution in [0.3, 0.4) is 0 Å². The van der Waals surface area contributed by atoms with Crippen LogP contribution in [0, 0.1) is 0 Å². The SMILES string of the molecule is O=C(Cn1ncc2cccn2c1=O)Nc1ccccc1N1CCOCC1. The minimum Gasteiger partial charge on any atom is -0.378 e. The number of para-hydroxylation sites is 2. The standard InChI is InChI=1S/C18H19N5O3/c24-17(13-23-18(25)22-7-3-4-14(22)12-19-23)20-15-5-1-2-6-16(15)21-8-10-26-11-9-21/h1-7,12H,8-11,13H2,(H,20,24). The van der Waals surface area contributed by atoms with Crippen molar-refractivity contribution in [2.45, 2.75) is 6.54 Å². The van der Waals surface area contributed by atoms with E-state index in [-0.39, 0.29) is 18.1 Å². The fourth-order valence-corrected chi connectivity index (χ4v) is 3.07. The summed E-state index contributed by atoms with van der Waals surface area (Å²) in [6.45, 7) is 2.73. The lowest BCUT2D eigenvalue weighted by molar-refractivity contribution is -0.117. The molecule has 0 bridgehead atoms. The minimum absolute atomic E-state index is 0.148. The summed E-state index contributed by atoms with van der Waals surface area (Å²) in [5.74, 6) is -0.299. The maximum atomic E-state index is 12.5. The van der Waals surface area contributed by atoms with Crippen LogP contribution in [0.2, 0.25) is 0 Å². The van der Waals surface area contributed by atoms with Crippen molar-refractivity contribution in [3.63, 3.8) is 0 Å². The van der Waals surface area contributed by atoms with E-state index < -0.39 is 0 Å². The van der Waals surface area contributed by atoms with Gasteiger partial charge in [-0.2, -0.15) is 5.10 Å². The monoisotopic (exact) mass is 353 g/mol. The highest BCUT2D eigenvalue weighted by molar-refractivity contribution is 5.94. The zero-order valence-electron chi connectivity index (χ0n) is 14.2. The molecule has 0 saturated carbocycles. The van der Waals surface area contributed by atoms with Crippen LogP contribution >= 0.6 is 0 Å². The molecule has 0 radical (unpaired) electrons. The number of amides is 1. The van der Waals surface area contributed by atoms with Gasteiger partial charge in [-0.25, -0.2) is 9.48 Å². The summed E-state index contributed by atoms with van der Waals surface area (Å²) in [6, 6.07) is 11.2. The molecule has 1 fully saturated rings. The first-order valence-electron chi connectivity index (χ1n) is 8.47. The second-order valence-electron chi connectivity index (χ2n) is 6.05. The summed E-state index contributed by atoms with van der Waals surface area (Å²) < 4.78 is 8.00. The predicted octanol–water partition coefficient (Wildman–Crippen LogP) is 0.971. The molecule has 1 aromatic carbocycles. The average Bonchev–Trinajstić information content (AvgIpc) is 3.15. The molecule has 8 heteroatoms. The number of anilines is 2. The van der Waals surface area contributed by atoms with E-state index in [4.69, 9.17) is 4.74 Å². The van der Waals surface area contributed by atoms with Crippen molar-refractivity contribution in [3.05, 3.63) is 59.3 Å². The Bertz CT molecular complexity index is 988. The van der Waals surface area contributed by atoms with Gasteiger partial charge < -0.3 is 15.0 Å². The van der Waals surface area contributed by atoms with Crippen molar-refractivity contribution in [2.75, 3.05) is 36.5 Å². The van der Waals surface area contributed by atoms with Crippen molar-refractivity contribution in [1.29, 1.82) is 0 Å². The normalized spacial score (nSPS) is 14.5. The maximum absolute atomic E-state index is 12.5. The van der Waals surface area contributed by atoms with Crippen molar-refractivity contribution in [1.82, 2.24) is 14.2 Å². The smallest absolute Gasteiger partial charge is 0.349 e. The van der Waals surface area contributed by atoms with Gasteiger partial charge in [0, 0.05) is 19.3 Å².